The lowest BCUT2D eigenvalue weighted by Crippen LogP contribution is -2.15. The third-order valence-electron chi connectivity index (χ3n) is 5.06. The van der Waals surface area contributed by atoms with Crippen LogP contribution in [-0.2, 0) is 12.2 Å². The molecule has 3 aromatic heterocycles. The number of aromatic nitrogens is 5. The van der Waals surface area contributed by atoms with E-state index in [4.69, 9.17) is 0 Å². The van der Waals surface area contributed by atoms with Crippen LogP contribution in [0.3, 0.4) is 0 Å². The van der Waals surface area contributed by atoms with Crippen LogP contribution in [0.5, 0.6) is 0 Å². The van der Waals surface area contributed by atoms with E-state index in [1.807, 2.05) is 19.1 Å². The molecule has 0 amide bonds. The van der Waals surface area contributed by atoms with Gasteiger partial charge in [0.25, 0.3) is 5.56 Å². The molecule has 1 N–H and O–H groups in total. The van der Waals surface area contributed by atoms with Gasteiger partial charge in [0.1, 0.15) is 11.5 Å². The van der Waals surface area contributed by atoms with Crippen molar-refractivity contribution in [2.24, 2.45) is 5.92 Å². The van der Waals surface area contributed by atoms with E-state index in [-0.39, 0.29) is 5.56 Å². The van der Waals surface area contributed by atoms with Crippen LogP contribution in [0.1, 0.15) is 49.2 Å². The molecule has 0 aromatic carbocycles. The van der Waals surface area contributed by atoms with Crippen molar-refractivity contribution >= 4 is 17.4 Å². The van der Waals surface area contributed by atoms with Crippen LogP contribution in [0.25, 0.3) is 5.65 Å². The molecular formula is C19H23N5OS. The third kappa shape index (κ3) is 3.82. The standard InChI is InChI=1S/C19H23N5OS/c1-13-5-4-10-24-17(25)11-15(20-18(13)24)12-26-19-21-16(22-23-19)9-8-14-6-2-3-7-14/h4-5,10-11,14H,2-3,6-9,12H2,1H3,(H,21,22,23). The zero-order valence-corrected chi connectivity index (χ0v) is 15.8. The number of H-pyrrole nitrogens is 1. The molecular weight excluding hydrogens is 346 g/mol. The zero-order valence-electron chi connectivity index (χ0n) is 14.9. The Balaban J connectivity index is 1.40. The van der Waals surface area contributed by atoms with Crippen molar-refractivity contribution in [3.63, 3.8) is 0 Å². The summed E-state index contributed by atoms with van der Waals surface area (Å²) in [6.45, 7) is 1.96. The highest BCUT2D eigenvalue weighted by atomic mass is 32.2. The van der Waals surface area contributed by atoms with Crippen LogP contribution < -0.4 is 5.56 Å². The Hall–Kier alpha value is -2.15. The number of nitrogens with zero attached hydrogens (tertiary/aromatic N) is 4. The molecule has 1 aliphatic rings. The molecule has 4 rings (SSSR count). The molecule has 136 valence electrons. The molecule has 0 aliphatic heterocycles. The minimum Gasteiger partial charge on any atom is -0.269 e. The number of aromatic amines is 1. The van der Waals surface area contributed by atoms with Gasteiger partial charge in [0.15, 0.2) is 0 Å². The van der Waals surface area contributed by atoms with Gasteiger partial charge in [-0.1, -0.05) is 43.5 Å². The molecule has 1 saturated carbocycles. The Labute approximate surface area is 156 Å². The van der Waals surface area contributed by atoms with Crippen molar-refractivity contribution in [3.8, 4) is 0 Å². The van der Waals surface area contributed by atoms with Gasteiger partial charge >= 0.3 is 0 Å². The first kappa shape index (κ1) is 17.3. The van der Waals surface area contributed by atoms with E-state index in [9.17, 15) is 4.79 Å². The maximum atomic E-state index is 12.3. The fourth-order valence-corrected chi connectivity index (χ4v) is 4.33. The van der Waals surface area contributed by atoms with Crippen molar-refractivity contribution in [1.29, 1.82) is 0 Å². The molecule has 26 heavy (non-hydrogen) atoms. The Bertz CT molecular complexity index is 958. The van der Waals surface area contributed by atoms with E-state index in [0.717, 1.165) is 34.6 Å². The Morgan fingerprint density at radius 2 is 2.15 bits per heavy atom. The highest BCUT2D eigenvalue weighted by molar-refractivity contribution is 7.98. The summed E-state index contributed by atoms with van der Waals surface area (Å²) in [6.07, 6.45) is 9.38. The summed E-state index contributed by atoms with van der Waals surface area (Å²) in [4.78, 5) is 21.5. The normalized spacial score (nSPS) is 15.1. The largest absolute Gasteiger partial charge is 0.269 e. The molecule has 0 radical (unpaired) electrons. The lowest BCUT2D eigenvalue weighted by atomic mass is 10.0. The topological polar surface area (TPSA) is 75.9 Å². The number of fused-ring (bicyclic) bond motifs is 1. The van der Waals surface area contributed by atoms with Gasteiger partial charge in [-0.2, -0.15) is 0 Å². The molecule has 0 unspecified atom stereocenters. The number of nitrogens with one attached hydrogen (secondary N) is 1. The fourth-order valence-electron chi connectivity index (χ4n) is 3.62. The van der Waals surface area contributed by atoms with Crippen LogP contribution in [-0.4, -0.2) is 24.6 Å². The SMILES string of the molecule is Cc1cccn2c(=O)cc(CSc3n[nH]c(CCC4CCCC4)n3)nc12. The second-order valence-electron chi connectivity index (χ2n) is 7.01. The van der Waals surface area contributed by atoms with Crippen LogP contribution in [0.15, 0.2) is 34.3 Å². The van der Waals surface area contributed by atoms with E-state index < -0.39 is 0 Å². The lowest BCUT2D eigenvalue weighted by molar-refractivity contribution is 0.497. The number of aryl methyl sites for hydroxylation is 2. The van der Waals surface area contributed by atoms with E-state index in [1.165, 1.54) is 43.9 Å². The van der Waals surface area contributed by atoms with Crippen LogP contribution in [0.4, 0.5) is 0 Å². The summed E-state index contributed by atoms with van der Waals surface area (Å²) in [5.41, 5.74) is 2.40. The summed E-state index contributed by atoms with van der Waals surface area (Å²) in [7, 11) is 0. The molecule has 1 aliphatic carbocycles. The summed E-state index contributed by atoms with van der Waals surface area (Å²) >= 11 is 1.51. The Morgan fingerprint density at radius 1 is 1.31 bits per heavy atom. The molecule has 3 aromatic rings. The Kier molecular flexibility index (Phi) is 5.06. The first-order valence-corrected chi connectivity index (χ1v) is 10.2. The van der Waals surface area contributed by atoms with Crippen molar-refractivity contribution in [2.75, 3.05) is 0 Å². The molecule has 0 spiro atoms. The summed E-state index contributed by atoms with van der Waals surface area (Å²) in [5.74, 6) is 2.40. The van der Waals surface area contributed by atoms with E-state index in [2.05, 4.69) is 20.2 Å². The maximum absolute atomic E-state index is 12.3. The number of hydrogen-bond acceptors (Lipinski definition) is 5. The number of pyridine rings is 1. The van der Waals surface area contributed by atoms with Crippen LogP contribution >= 0.6 is 11.8 Å². The maximum Gasteiger partial charge on any atom is 0.258 e. The molecule has 0 bridgehead atoms. The van der Waals surface area contributed by atoms with E-state index in [1.54, 1.807) is 16.7 Å². The monoisotopic (exact) mass is 369 g/mol. The van der Waals surface area contributed by atoms with Gasteiger partial charge in [0, 0.05) is 24.4 Å². The highest BCUT2D eigenvalue weighted by Gasteiger charge is 2.15. The summed E-state index contributed by atoms with van der Waals surface area (Å²) < 4.78 is 1.58. The number of hydrogen-bond donors (Lipinski definition) is 1. The first-order valence-electron chi connectivity index (χ1n) is 9.21. The van der Waals surface area contributed by atoms with Crippen LogP contribution in [0, 0.1) is 12.8 Å². The van der Waals surface area contributed by atoms with E-state index in [0.29, 0.717) is 11.4 Å². The smallest absolute Gasteiger partial charge is 0.258 e. The predicted octanol–water partition coefficient (Wildman–Crippen LogP) is 3.54. The average molecular weight is 369 g/mol. The van der Waals surface area contributed by atoms with Crippen molar-refractivity contribution in [3.05, 3.63) is 51.8 Å². The van der Waals surface area contributed by atoms with Crippen molar-refractivity contribution < 1.29 is 0 Å². The van der Waals surface area contributed by atoms with Gasteiger partial charge in [0.2, 0.25) is 5.16 Å². The van der Waals surface area contributed by atoms with Gasteiger partial charge in [-0.15, -0.1) is 5.10 Å². The van der Waals surface area contributed by atoms with Gasteiger partial charge in [-0.05, 0) is 30.9 Å². The summed E-state index contributed by atoms with van der Waals surface area (Å²) in [5, 5.41) is 8.06. The lowest BCUT2D eigenvalue weighted by Gasteiger charge is -2.05. The minimum absolute atomic E-state index is 0.0541. The molecule has 1 fully saturated rings. The number of rotatable bonds is 6. The molecule has 0 atom stereocenters. The van der Waals surface area contributed by atoms with Gasteiger partial charge < -0.3 is 0 Å². The fraction of sp³-hybridized carbons (Fsp3) is 0.474. The second kappa shape index (κ2) is 7.61. The first-order chi connectivity index (χ1) is 12.7. The van der Waals surface area contributed by atoms with Crippen LogP contribution in [0.2, 0.25) is 0 Å². The highest BCUT2D eigenvalue weighted by Crippen LogP contribution is 2.28. The second-order valence-corrected chi connectivity index (χ2v) is 7.96. The van der Waals surface area contributed by atoms with E-state index >= 15 is 0 Å². The van der Waals surface area contributed by atoms with Crippen molar-refractivity contribution in [1.82, 2.24) is 24.6 Å². The molecule has 3 heterocycles. The van der Waals surface area contributed by atoms with Crippen molar-refractivity contribution in [2.45, 2.75) is 56.4 Å². The van der Waals surface area contributed by atoms with Gasteiger partial charge in [0.05, 0.1) is 5.69 Å². The average Bonchev–Trinajstić information content (AvgIpc) is 3.31. The Morgan fingerprint density at radius 3 is 3.00 bits per heavy atom. The quantitative estimate of drug-likeness (QED) is 0.673. The number of thioether (sulfide) groups is 1. The van der Waals surface area contributed by atoms with Gasteiger partial charge in [-0.3, -0.25) is 14.3 Å². The molecule has 0 saturated heterocycles. The zero-order chi connectivity index (χ0) is 17.9. The molecule has 7 heteroatoms. The predicted molar refractivity (Wildman–Crippen MR) is 102 cm³/mol. The third-order valence-corrected chi connectivity index (χ3v) is 5.94. The molecule has 6 nitrogen and oxygen atoms in total. The minimum atomic E-state index is -0.0541. The van der Waals surface area contributed by atoms with Gasteiger partial charge in [-0.25, -0.2) is 9.97 Å². The summed E-state index contributed by atoms with van der Waals surface area (Å²) in [6, 6.07) is 5.41.